The van der Waals surface area contributed by atoms with Crippen molar-refractivity contribution in [3.8, 4) is 0 Å². The van der Waals surface area contributed by atoms with E-state index in [1.54, 1.807) is 18.2 Å². The van der Waals surface area contributed by atoms with Crippen molar-refractivity contribution < 1.29 is 9.53 Å². The van der Waals surface area contributed by atoms with Gasteiger partial charge in [0.15, 0.2) is 0 Å². The molecule has 1 rings (SSSR count). The van der Waals surface area contributed by atoms with Crippen LogP contribution in [0.25, 0.3) is 0 Å². The maximum absolute atomic E-state index is 11.8. The summed E-state index contributed by atoms with van der Waals surface area (Å²) < 4.78 is 5.23. The Morgan fingerprint density at radius 1 is 1.41 bits per heavy atom. The largest absolute Gasteiger partial charge is 0.462 e. The second-order valence-electron chi connectivity index (χ2n) is 3.98. The Labute approximate surface area is 107 Å². The minimum absolute atomic E-state index is 0.281. The van der Waals surface area contributed by atoms with Crippen LogP contribution < -0.4 is 5.73 Å². The van der Waals surface area contributed by atoms with Gasteiger partial charge >= 0.3 is 5.97 Å². The zero-order chi connectivity index (χ0) is 12.8. The number of carbonyl (C=O) groups is 1. The molecule has 0 radical (unpaired) electrons. The van der Waals surface area contributed by atoms with E-state index in [1.807, 2.05) is 0 Å². The average molecular weight is 256 g/mol. The summed E-state index contributed by atoms with van der Waals surface area (Å²) in [7, 11) is 0. The van der Waals surface area contributed by atoms with Crippen LogP contribution >= 0.6 is 11.6 Å². The molecule has 0 saturated heterocycles. The number of para-hydroxylation sites is 1. The zero-order valence-electron chi connectivity index (χ0n) is 10.2. The molecule has 2 N–H and O–H groups in total. The summed E-state index contributed by atoms with van der Waals surface area (Å²) in [5.74, 6) is -0.00346. The Kier molecular flexibility index (Phi) is 5.29. The maximum atomic E-state index is 11.8. The van der Waals surface area contributed by atoms with Gasteiger partial charge in [-0.15, -0.1) is 0 Å². The summed E-state index contributed by atoms with van der Waals surface area (Å²) in [6.07, 6.45) is 1.99. The highest BCUT2D eigenvalue weighted by Crippen LogP contribution is 2.23. The molecule has 0 saturated carbocycles. The molecule has 0 aliphatic carbocycles. The molecule has 4 heteroatoms. The van der Waals surface area contributed by atoms with Gasteiger partial charge in [-0.3, -0.25) is 0 Å². The number of nitrogen functional groups attached to an aromatic ring is 1. The van der Waals surface area contributed by atoms with Crippen molar-refractivity contribution in [1.82, 2.24) is 0 Å². The molecule has 17 heavy (non-hydrogen) atoms. The highest BCUT2D eigenvalue weighted by molar-refractivity contribution is 6.33. The van der Waals surface area contributed by atoms with E-state index in [1.165, 1.54) is 0 Å². The molecular formula is C13H18ClNO2. The smallest absolute Gasteiger partial charge is 0.340 e. The van der Waals surface area contributed by atoms with Crippen LogP contribution in [0.3, 0.4) is 0 Å². The number of carbonyl (C=O) groups excluding carboxylic acids is 1. The molecule has 0 unspecified atom stereocenters. The first kappa shape index (κ1) is 13.8. The molecule has 94 valence electrons. The van der Waals surface area contributed by atoms with E-state index in [9.17, 15) is 4.79 Å². The maximum Gasteiger partial charge on any atom is 0.340 e. The van der Waals surface area contributed by atoms with Crippen molar-refractivity contribution >= 4 is 23.3 Å². The van der Waals surface area contributed by atoms with Gasteiger partial charge in [-0.1, -0.05) is 44.4 Å². The number of esters is 1. The van der Waals surface area contributed by atoms with E-state index in [4.69, 9.17) is 22.1 Å². The normalized spacial score (nSPS) is 10.6. The fraction of sp³-hybridized carbons (Fsp3) is 0.462. The lowest BCUT2D eigenvalue weighted by atomic mass is 10.1. The van der Waals surface area contributed by atoms with E-state index in [-0.39, 0.29) is 5.69 Å². The standard InChI is InChI=1S/C13H18ClNO2/c1-3-9(4-2)8-17-13(16)10-6-5-7-11(14)12(10)15/h5-7,9H,3-4,8,15H2,1-2H3. The first-order chi connectivity index (χ1) is 8.10. The van der Waals surface area contributed by atoms with E-state index >= 15 is 0 Å². The van der Waals surface area contributed by atoms with Gasteiger partial charge < -0.3 is 10.5 Å². The fourth-order valence-corrected chi connectivity index (χ4v) is 1.69. The molecule has 3 nitrogen and oxygen atoms in total. The minimum atomic E-state index is -0.406. The van der Waals surface area contributed by atoms with Crippen molar-refractivity contribution in [2.45, 2.75) is 26.7 Å². The molecule has 0 aromatic heterocycles. The predicted octanol–water partition coefficient (Wildman–Crippen LogP) is 3.52. The number of anilines is 1. The van der Waals surface area contributed by atoms with Gasteiger partial charge in [0.1, 0.15) is 0 Å². The number of benzene rings is 1. The molecule has 0 bridgehead atoms. The van der Waals surface area contributed by atoms with Gasteiger partial charge in [0.2, 0.25) is 0 Å². The molecular weight excluding hydrogens is 238 g/mol. The molecule has 0 aliphatic rings. The number of rotatable bonds is 5. The topological polar surface area (TPSA) is 52.3 Å². The Bertz CT molecular complexity index is 389. The van der Waals surface area contributed by atoms with Crippen molar-refractivity contribution in [1.29, 1.82) is 0 Å². The van der Waals surface area contributed by atoms with Gasteiger partial charge in [0.05, 0.1) is 22.9 Å². The predicted molar refractivity (Wildman–Crippen MR) is 70.2 cm³/mol. The average Bonchev–Trinajstić information content (AvgIpc) is 2.33. The Morgan fingerprint density at radius 2 is 2.06 bits per heavy atom. The van der Waals surface area contributed by atoms with Crippen molar-refractivity contribution in [2.75, 3.05) is 12.3 Å². The van der Waals surface area contributed by atoms with Crippen molar-refractivity contribution in [3.63, 3.8) is 0 Å². The highest BCUT2D eigenvalue weighted by atomic mass is 35.5. The van der Waals surface area contributed by atoms with E-state index in [0.29, 0.717) is 23.1 Å². The SMILES string of the molecule is CCC(CC)COC(=O)c1cccc(Cl)c1N. The van der Waals surface area contributed by atoms with Crippen LogP contribution in [-0.2, 0) is 4.74 Å². The molecule has 1 aromatic rings. The first-order valence-corrected chi connectivity index (χ1v) is 6.19. The Morgan fingerprint density at radius 3 is 2.65 bits per heavy atom. The Hall–Kier alpha value is -1.22. The number of ether oxygens (including phenoxy) is 1. The third kappa shape index (κ3) is 3.63. The molecule has 0 amide bonds. The molecule has 0 spiro atoms. The molecule has 0 heterocycles. The molecule has 0 aliphatic heterocycles. The van der Waals surface area contributed by atoms with Crippen LogP contribution in [0.4, 0.5) is 5.69 Å². The van der Waals surface area contributed by atoms with Crippen LogP contribution in [-0.4, -0.2) is 12.6 Å². The van der Waals surface area contributed by atoms with Crippen LogP contribution in [0.1, 0.15) is 37.0 Å². The molecule has 0 atom stereocenters. The summed E-state index contributed by atoms with van der Waals surface area (Å²) in [5, 5.41) is 0.377. The van der Waals surface area contributed by atoms with Crippen molar-refractivity contribution in [2.24, 2.45) is 5.92 Å². The lowest BCUT2D eigenvalue weighted by Crippen LogP contribution is -2.14. The third-order valence-corrected chi connectivity index (χ3v) is 3.21. The second kappa shape index (κ2) is 6.50. The van der Waals surface area contributed by atoms with E-state index in [2.05, 4.69) is 13.8 Å². The summed E-state index contributed by atoms with van der Waals surface area (Å²) in [6.45, 7) is 4.59. The summed E-state index contributed by atoms with van der Waals surface area (Å²) in [5.41, 5.74) is 6.34. The lowest BCUT2D eigenvalue weighted by Gasteiger charge is -2.13. The molecule has 1 aromatic carbocycles. The number of nitrogens with two attached hydrogens (primary N) is 1. The van der Waals surface area contributed by atoms with Gasteiger partial charge in [-0.2, -0.15) is 0 Å². The van der Waals surface area contributed by atoms with Crippen molar-refractivity contribution in [3.05, 3.63) is 28.8 Å². The summed E-state index contributed by atoms with van der Waals surface area (Å²) >= 11 is 5.84. The van der Waals surface area contributed by atoms with Gasteiger partial charge in [0.25, 0.3) is 0 Å². The van der Waals surface area contributed by atoms with E-state index in [0.717, 1.165) is 12.8 Å². The minimum Gasteiger partial charge on any atom is -0.462 e. The first-order valence-electron chi connectivity index (χ1n) is 5.81. The number of hydrogen-bond acceptors (Lipinski definition) is 3. The van der Waals surface area contributed by atoms with Crippen LogP contribution in [0.5, 0.6) is 0 Å². The third-order valence-electron chi connectivity index (χ3n) is 2.88. The van der Waals surface area contributed by atoms with E-state index < -0.39 is 5.97 Å². The van der Waals surface area contributed by atoms with Crippen LogP contribution in [0.2, 0.25) is 5.02 Å². The summed E-state index contributed by atoms with van der Waals surface area (Å²) in [4.78, 5) is 11.8. The van der Waals surface area contributed by atoms with Gasteiger partial charge in [-0.25, -0.2) is 4.79 Å². The Balaban J connectivity index is 2.67. The summed E-state index contributed by atoms with van der Waals surface area (Å²) in [6, 6.07) is 4.96. The van der Waals surface area contributed by atoms with Crippen LogP contribution in [0, 0.1) is 5.92 Å². The quantitative estimate of drug-likeness (QED) is 0.647. The number of hydrogen-bond donors (Lipinski definition) is 1. The second-order valence-corrected chi connectivity index (χ2v) is 4.39. The highest BCUT2D eigenvalue weighted by Gasteiger charge is 2.14. The van der Waals surface area contributed by atoms with Gasteiger partial charge in [-0.05, 0) is 18.1 Å². The molecule has 0 fully saturated rings. The van der Waals surface area contributed by atoms with Crippen LogP contribution in [0.15, 0.2) is 18.2 Å². The monoisotopic (exact) mass is 255 g/mol. The zero-order valence-corrected chi connectivity index (χ0v) is 11.0. The number of halogens is 1. The lowest BCUT2D eigenvalue weighted by molar-refractivity contribution is 0.0434. The van der Waals surface area contributed by atoms with Gasteiger partial charge in [0, 0.05) is 0 Å². The fourth-order valence-electron chi connectivity index (χ4n) is 1.51.